The second kappa shape index (κ2) is 6.99. The van der Waals surface area contributed by atoms with E-state index in [1.54, 1.807) is 0 Å². The van der Waals surface area contributed by atoms with E-state index in [-0.39, 0.29) is 16.9 Å². The molecule has 0 aromatic heterocycles. The molecule has 0 aliphatic heterocycles. The number of nitriles is 1. The molecule has 4 heteroatoms. The Morgan fingerprint density at radius 2 is 2.42 bits per heavy atom. The molecule has 0 aromatic carbocycles. The lowest BCUT2D eigenvalue weighted by molar-refractivity contribution is -0.115. The standard InChI is InChI=1S/C8H14N2OS/c1-2-3-4-7(5-9)12-6-8(10)11/h7H,2-4,6H2,1H3,(H2,10,11). The molecule has 2 N–H and O–H groups in total. The molecule has 1 amide bonds. The summed E-state index contributed by atoms with van der Waals surface area (Å²) in [4.78, 5) is 10.4. The molecule has 0 heterocycles. The quantitative estimate of drug-likeness (QED) is 0.679. The van der Waals surface area contributed by atoms with Crippen LogP contribution in [-0.4, -0.2) is 16.9 Å². The zero-order chi connectivity index (χ0) is 9.40. The van der Waals surface area contributed by atoms with Gasteiger partial charge in [0.1, 0.15) is 0 Å². The Labute approximate surface area is 77.3 Å². The monoisotopic (exact) mass is 186 g/mol. The number of rotatable bonds is 6. The van der Waals surface area contributed by atoms with Crippen molar-refractivity contribution >= 4 is 17.7 Å². The number of thioether (sulfide) groups is 1. The molecule has 0 aromatic rings. The van der Waals surface area contributed by atoms with Crippen molar-refractivity contribution in [1.82, 2.24) is 0 Å². The minimum absolute atomic E-state index is 0.0718. The van der Waals surface area contributed by atoms with Crippen LogP contribution in [0, 0.1) is 11.3 Å². The number of carbonyl (C=O) groups is 1. The molecule has 0 radical (unpaired) electrons. The second-order valence-electron chi connectivity index (χ2n) is 2.54. The van der Waals surface area contributed by atoms with Gasteiger partial charge in [0, 0.05) is 0 Å². The van der Waals surface area contributed by atoms with Gasteiger partial charge in [0.2, 0.25) is 5.91 Å². The van der Waals surface area contributed by atoms with Gasteiger partial charge in [-0.2, -0.15) is 5.26 Å². The van der Waals surface area contributed by atoms with Crippen molar-refractivity contribution in [3.63, 3.8) is 0 Å². The van der Waals surface area contributed by atoms with Crippen LogP contribution in [0.15, 0.2) is 0 Å². The molecule has 3 nitrogen and oxygen atoms in total. The summed E-state index contributed by atoms with van der Waals surface area (Å²) < 4.78 is 0. The summed E-state index contributed by atoms with van der Waals surface area (Å²) in [7, 11) is 0. The zero-order valence-electron chi connectivity index (χ0n) is 7.25. The topological polar surface area (TPSA) is 66.9 Å². The lowest BCUT2D eigenvalue weighted by Crippen LogP contribution is -2.15. The van der Waals surface area contributed by atoms with Crippen molar-refractivity contribution in [1.29, 1.82) is 5.26 Å². The third-order valence-corrected chi connectivity index (χ3v) is 2.59. The van der Waals surface area contributed by atoms with Gasteiger partial charge in [-0.3, -0.25) is 4.79 Å². The minimum atomic E-state index is -0.350. The first-order chi connectivity index (χ1) is 5.70. The highest BCUT2D eigenvalue weighted by Crippen LogP contribution is 2.15. The summed E-state index contributed by atoms with van der Waals surface area (Å²) in [5.74, 6) is -0.0983. The Balaban J connectivity index is 3.55. The number of carbonyl (C=O) groups excluding carboxylic acids is 1. The smallest absolute Gasteiger partial charge is 0.227 e. The molecule has 0 bridgehead atoms. The average molecular weight is 186 g/mol. The first kappa shape index (κ1) is 11.3. The van der Waals surface area contributed by atoms with E-state index in [9.17, 15) is 4.79 Å². The summed E-state index contributed by atoms with van der Waals surface area (Å²) in [5.41, 5.74) is 4.95. The van der Waals surface area contributed by atoms with Crippen LogP contribution in [0.25, 0.3) is 0 Å². The summed E-state index contributed by atoms with van der Waals surface area (Å²) in [6.07, 6.45) is 2.96. The lowest BCUT2D eigenvalue weighted by Gasteiger charge is -2.05. The van der Waals surface area contributed by atoms with E-state index in [1.165, 1.54) is 11.8 Å². The highest BCUT2D eigenvalue weighted by atomic mass is 32.2. The normalized spacial score (nSPS) is 12.0. The van der Waals surface area contributed by atoms with Gasteiger partial charge in [0.05, 0.1) is 17.1 Å². The molecule has 0 saturated carbocycles. The summed E-state index contributed by atoms with van der Waals surface area (Å²) in [5, 5.41) is 8.57. The van der Waals surface area contributed by atoms with E-state index in [1.807, 2.05) is 0 Å². The molecule has 0 aliphatic rings. The van der Waals surface area contributed by atoms with Crippen LogP contribution in [0.4, 0.5) is 0 Å². The molecular weight excluding hydrogens is 172 g/mol. The SMILES string of the molecule is CCCCC(C#N)SCC(N)=O. The van der Waals surface area contributed by atoms with Crippen molar-refractivity contribution in [3.05, 3.63) is 0 Å². The van der Waals surface area contributed by atoms with Crippen molar-refractivity contribution in [3.8, 4) is 6.07 Å². The van der Waals surface area contributed by atoms with E-state index in [4.69, 9.17) is 11.0 Å². The molecule has 0 spiro atoms. The number of unbranched alkanes of at least 4 members (excludes halogenated alkanes) is 1. The van der Waals surface area contributed by atoms with Gasteiger partial charge in [0.25, 0.3) is 0 Å². The Morgan fingerprint density at radius 1 is 1.75 bits per heavy atom. The maximum atomic E-state index is 10.4. The molecule has 1 atom stereocenters. The van der Waals surface area contributed by atoms with Gasteiger partial charge in [-0.05, 0) is 6.42 Å². The third-order valence-electron chi connectivity index (χ3n) is 1.39. The Kier molecular flexibility index (Phi) is 6.58. The van der Waals surface area contributed by atoms with Gasteiger partial charge in [0.15, 0.2) is 0 Å². The number of nitrogens with zero attached hydrogens (tertiary/aromatic N) is 1. The highest BCUT2D eigenvalue weighted by Gasteiger charge is 2.08. The average Bonchev–Trinajstić information content (AvgIpc) is 2.05. The van der Waals surface area contributed by atoms with Gasteiger partial charge >= 0.3 is 0 Å². The van der Waals surface area contributed by atoms with Crippen LogP contribution in [0.2, 0.25) is 0 Å². The molecule has 0 aliphatic carbocycles. The van der Waals surface area contributed by atoms with Crippen LogP contribution >= 0.6 is 11.8 Å². The predicted octanol–water partition coefficient (Wildman–Crippen LogP) is 1.29. The molecule has 12 heavy (non-hydrogen) atoms. The fraction of sp³-hybridized carbons (Fsp3) is 0.750. The summed E-state index contributed by atoms with van der Waals surface area (Å²) in [6, 6.07) is 2.15. The Hall–Kier alpha value is -0.690. The molecule has 0 saturated heterocycles. The largest absolute Gasteiger partial charge is 0.369 e. The van der Waals surface area contributed by atoms with Gasteiger partial charge in [-0.1, -0.05) is 19.8 Å². The fourth-order valence-corrected chi connectivity index (χ4v) is 1.53. The predicted molar refractivity (Wildman–Crippen MR) is 50.6 cm³/mol. The number of nitrogens with two attached hydrogens (primary N) is 1. The number of hydrogen-bond acceptors (Lipinski definition) is 3. The first-order valence-corrected chi connectivity index (χ1v) is 5.05. The maximum absolute atomic E-state index is 10.4. The molecule has 68 valence electrons. The fourth-order valence-electron chi connectivity index (χ4n) is 0.757. The van der Waals surface area contributed by atoms with Crippen molar-refractivity contribution < 1.29 is 4.79 Å². The van der Waals surface area contributed by atoms with Gasteiger partial charge < -0.3 is 5.73 Å². The summed E-state index contributed by atoms with van der Waals surface area (Å²) in [6.45, 7) is 2.08. The van der Waals surface area contributed by atoms with Crippen LogP contribution in [0.1, 0.15) is 26.2 Å². The summed E-state index contributed by atoms with van der Waals surface area (Å²) >= 11 is 1.33. The van der Waals surface area contributed by atoms with E-state index in [0.717, 1.165) is 19.3 Å². The van der Waals surface area contributed by atoms with E-state index in [0.29, 0.717) is 0 Å². The van der Waals surface area contributed by atoms with Crippen molar-refractivity contribution in [2.24, 2.45) is 5.73 Å². The maximum Gasteiger partial charge on any atom is 0.227 e. The van der Waals surface area contributed by atoms with Gasteiger partial charge in [-0.15, -0.1) is 11.8 Å². The Morgan fingerprint density at radius 3 is 2.83 bits per heavy atom. The van der Waals surface area contributed by atoms with E-state index in [2.05, 4.69) is 13.0 Å². The lowest BCUT2D eigenvalue weighted by atomic mass is 10.2. The zero-order valence-corrected chi connectivity index (χ0v) is 8.06. The minimum Gasteiger partial charge on any atom is -0.369 e. The van der Waals surface area contributed by atoms with Crippen molar-refractivity contribution in [2.45, 2.75) is 31.4 Å². The molecule has 0 rings (SSSR count). The molecule has 0 fully saturated rings. The van der Waals surface area contributed by atoms with E-state index < -0.39 is 0 Å². The van der Waals surface area contributed by atoms with E-state index >= 15 is 0 Å². The molecular formula is C8H14N2OS. The second-order valence-corrected chi connectivity index (χ2v) is 3.73. The number of amides is 1. The van der Waals surface area contributed by atoms with Crippen LogP contribution in [0.3, 0.4) is 0 Å². The number of hydrogen-bond donors (Lipinski definition) is 1. The Bertz CT molecular complexity index is 176. The third kappa shape index (κ3) is 6.05. The van der Waals surface area contributed by atoms with Crippen molar-refractivity contribution in [2.75, 3.05) is 5.75 Å². The van der Waals surface area contributed by atoms with Gasteiger partial charge in [-0.25, -0.2) is 0 Å². The molecule has 1 unspecified atom stereocenters. The van der Waals surface area contributed by atoms with Crippen LogP contribution in [-0.2, 0) is 4.79 Å². The van der Waals surface area contributed by atoms with Crippen LogP contribution in [0.5, 0.6) is 0 Å². The number of primary amides is 1. The highest BCUT2D eigenvalue weighted by molar-refractivity contribution is 8.00. The first-order valence-electron chi connectivity index (χ1n) is 4.00. The van der Waals surface area contributed by atoms with Crippen LogP contribution < -0.4 is 5.73 Å².